The third kappa shape index (κ3) is 12.1. The second kappa shape index (κ2) is 19.7. The first-order valence-corrected chi connectivity index (χ1v) is 24.5. The lowest BCUT2D eigenvalue weighted by molar-refractivity contribution is -0.122. The van der Waals surface area contributed by atoms with E-state index < -0.39 is 14.4 Å². The summed E-state index contributed by atoms with van der Waals surface area (Å²) in [5.41, 5.74) is 10.8. The van der Waals surface area contributed by atoms with E-state index in [-0.39, 0.29) is 46.5 Å². The number of rotatable bonds is 15. The van der Waals surface area contributed by atoms with Crippen molar-refractivity contribution in [3.63, 3.8) is 0 Å². The number of nitrogens with two attached hydrogens (primary N) is 1. The number of nitrogens with one attached hydrogen (secondary N) is 4. The summed E-state index contributed by atoms with van der Waals surface area (Å²) in [5, 5.41) is 21.3. The molecule has 3 aromatic carbocycles. The molecule has 2 saturated carbocycles. The van der Waals surface area contributed by atoms with Crippen molar-refractivity contribution in [3.8, 4) is 16.9 Å². The normalized spacial score (nSPS) is 20.5. The van der Waals surface area contributed by atoms with E-state index in [0.717, 1.165) is 85.6 Å². The summed E-state index contributed by atoms with van der Waals surface area (Å²) < 4.78 is 12.8. The SMILES string of the molecule is CC(C)(C)[Si](C)(C)O[C@H](CNCC1CCC(NC(=O)CCCc2ccc(-c3ccccc3)c(NC(=O)OC3CCC(N)CC3)c2)CC1)c1ccc(O)c2[nH]c(=O)ccc12. The van der Waals surface area contributed by atoms with Gasteiger partial charge >= 0.3 is 6.09 Å². The molecule has 0 aliphatic heterocycles. The van der Waals surface area contributed by atoms with Crippen LogP contribution in [0.2, 0.25) is 18.1 Å². The van der Waals surface area contributed by atoms with Gasteiger partial charge in [-0.15, -0.1) is 0 Å². The van der Waals surface area contributed by atoms with Gasteiger partial charge in [0.2, 0.25) is 11.5 Å². The van der Waals surface area contributed by atoms with E-state index in [2.05, 4.69) is 60.9 Å². The van der Waals surface area contributed by atoms with Crippen LogP contribution in [-0.4, -0.2) is 61.7 Å². The van der Waals surface area contributed by atoms with Gasteiger partial charge in [0.05, 0.1) is 17.3 Å². The van der Waals surface area contributed by atoms with Crippen molar-refractivity contribution in [1.82, 2.24) is 15.6 Å². The molecule has 2 fully saturated rings. The monoisotopic (exact) mass is 823 g/mol. The Morgan fingerprint density at radius 2 is 1.66 bits per heavy atom. The summed E-state index contributed by atoms with van der Waals surface area (Å²) in [6, 6.07) is 23.3. The highest BCUT2D eigenvalue weighted by Gasteiger charge is 2.40. The molecule has 0 bridgehead atoms. The molecular weight excluding hydrogens is 759 g/mol. The molecular formula is C47H65N5O6Si. The van der Waals surface area contributed by atoms with Crippen LogP contribution in [0, 0.1) is 5.92 Å². The van der Waals surface area contributed by atoms with Crippen LogP contribution in [0.25, 0.3) is 22.0 Å². The van der Waals surface area contributed by atoms with Crippen LogP contribution in [-0.2, 0) is 20.4 Å². The highest BCUT2D eigenvalue weighted by molar-refractivity contribution is 6.74. The van der Waals surface area contributed by atoms with Gasteiger partial charge in [-0.1, -0.05) is 69.3 Å². The van der Waals surface area contributed by atoms with Crippen molar-refractivity contribution in [2.45, 2.75) is 134 Å². The number of H-pyrrole nitrogens is 1. The zero-order chi connectivity index (χ0) is 42.2. The predicted octanol–water partition coefficient (Wildman–Crippen LogP) is 9.07. The molecule has 12 heteroatoms. The number of aromatic nitrogens is 1. The van der Waals surface area contributed by atoms with Crippen molar-refractivity contribution >= 4 is 36.9 Å². The van der Waals surface area contributed by atoms with Crippen LogP contribution in [0.3, 0.4) is 0 Å². The van der Waals surface area contributed by atoms with E-state index in [1.807, 2.05) is 48.5 Å². The quantitative estimate of drug-likeness (QED) is 0.0646. The van der Waals surface area contributed by atoms with Crippen molar-refractivity contribution in [3.05, 3.63) is 94.3 Å². The summed E-state index contributed by atoms with van der Waals surface area (Å²) in [4.78, 5) is 41.0. The fraction of sp³-hybridized carbons (Fsp3) is 0.511. The second-order valence-corrected chi connectivity index (χ2v) is 23.0. The van der Waals surface area contributed by atoms with Crippen molar-refractivity contribution < 1.29 is 23.9 Å². The maximum Gasteiger partial charge on any atom is 0.411 e. The fourth-order valence-corrected chi connectivity index (χ4v) is 9.46. The van der Waals surface area contributed by atoms with E-state index in [1.54, 1.807) is 12.1 Å². The lowest BCUT2D eigenvalue weighted by Crippen LogP contribution is -2.44. The van der Waals surface area contributed by atoms with Gasteiger partial charge in [0.25, 0.3) is 0 Å². The summed E-state index contributed by atoms with van der Waals surface area (Å²) in [6.07, 6.45) is 8.23. The second-order valence-electron chi connectivity index (χ2n) is 18.3. The minimum Gasteiger partial charge on any atom is -0.506 e. The molecule has 2 amide bonds. The zero-order valence-corrected chi connectivity index (χ0v) is 36.6. The molecule has 1 aromatic heterocycles. The van der Waals surface area contributed by atoms with Gasteiger partial charge in [-0.05, 0) is 130 Å². The Balaban J connectivity index is 0.974. The van der Waals surface area contributed by atoms with Crippen LogP contribution in [0.1, 0.15) is 102 Å². The Labute approximate surface area is 350 Å². The molecule has 2 aliphatic rings. The predicted molar refractivity (Wildman–Crippen MR) is 239 cm³/mol. The Hall–Kier alpha value is -4.49. The molecule has 1 heterocycles. The van der Waals surface area contributed by atoms with Crippen molar-refractivity contribution in [2.24, 2.45) is 11.7 Å². The average molecular weight is 824 g/mol. The van der Waals surface area contributed by atoms with Gasteiger partial charge in [0.15, 0.2) is 8.32 Å². The Kier molecular flexibility index (Phi) is 14.7. The first-order valence-electron chi connectivity index (χ1n) is 21.6. The van der Waals surface area contributed by atoms with E-state index in [0.29, 0.717) is 42.9 Å². The number of aromatic amines is 1. The van der Waals surface area contributed by atoms with E-state index >= 15 is 0 Å². The summed E-state index contributed by atoms with van der Waals surface area (Å²) in [5.74, 6) is 0.612. The largest absolute Gasteiger partial charge is 0.506 e. The number of ether oxygens (including phenoxy) is 1. The average Bonchev–Trinajstić information content (AvgIpc) is 3.19. The van der Waals surface area contributed by atoms with Crippen LogP contribution < -0.4 is 27.2 Å². The number of aryl methyl sites for hydroxylation is 1. The number of fused-ring (bicyclic) bond motifs is 1. The fourth-order valence-electron chi connectivity index (χ4n) is 8.19. The molecule has 0 radical (unpaired) electrons. The minimum atomic E-state index is -2.18. The van der Waals surface area contributed by atoms with Crippen LogP contribution in [0.15, 0.2) is 77.6 Å². The molecule has 7 N–H and O–H groups in total. The number of anilines is 1. The number of carbonyl (C=O) groups excluding carboxylic acids is 2. The third-order valence-corrected chi connectivity index (χ3v) is 17.2. The van der Waals surface area contributed by atoms with Gasteiger partial charge in [-0.25, -0.2) is 4.79 Å². The third-order valence-electron chi connectivity index (χ3n) is 12.7. The maximum absolute atomic E-state index is 13.1. The molecule has 1 atom stereocenters. The highest BCUT2D eigenvalue weighted by atomic mass is 28.4. The molecule has 318 valence electrons. The maximum atomic E-state index is 13.1. The lowest BCUT2D eigenvalue weighted by atomic mass is 9.86. The Bertz CT molecular complexity index is 2080. The highest BCUT2D eigenvalue weighted by Crippen LogP contribution is 2.41. The number of carbonyl (C=O) groups is 2. The van der Waals surface area contributed by atoms with E-state index in [1.165, 1.54) is 6.07 Å². The van der Waals surface area contributed by atoms with E-state index in [4.69, 9.17) is 14.9 Å². The van der Waals surface area contributed by atoms with Gasteiger partial charge in [-0.2, -0.15) is 0 Å². The number of amides is 2. The first-order chi connectivity index (χ1) is 28.1. The number of aromatic hydroxyl groups is 1. The summed E-state index contributed by atoms with van der Waals surface area (Å²) >= 11 is 0. The van der Waals surface area contributed by atoms with Gasteiger partial charge in [0.1, 0.15) is 11.9 Å². The summed E-state index contributed by atoms with van der Waals surface area (Å²) in [6.45, 7) is 12.6. The lowest BCUT2D eigenvalue weighted by Gasteiger charge is -2.40. The molecule has 0 saturated heterocycles. The standard InChI is InChI=1S/C47H65N5O6Si/c1-47(2,3)59(4,5)58-42(38-24-26-41(53)45-39(38)25-27-44(55)52-45)30-49-29-32-14-19-35(20-15-32)50-43(54)13-9-10-31-16-23-37(33-11-7-6-8-12-33)40(28-31)51-46(56)57-36-21-17-34(48)18-22-36/h6-8,11-12,16,23-28,32,34-36,42,49,53H,9-10,13-15,17-22,29-30,48H2,1-5H3,(H,50,54)(H,51,56)(H,52,55)/t32?,34?,35?,36?,42-/m1/s1. The van der Waals surface area contributed by atoms with Crippen LogP contribution in [0.5, 0.6) is 5.75 Å². The minimum absolute atomic E-state index is 0.00560. The van der Waals surface area contributed by atoms with Crippen molar-refractivity contribution in [1.29, 1.82) is 0 Å². The first kappa shape index (κ1) is 44.1. The molecule has 0 unspecified atom stereocenters. The molecule has 4 aromatic rings. The topological polar surface area (TPSA) is 168 Å². The van der Waals surface area contributed by atoms with Gasteiger partial charge in [0, 0.05) is 42.1 Å². The number of benzene rings is 3. The molecule has 59 heavy (non-hydrogen) atoms. The number of hydrogen-bond donors (Lipinski definition) is 6. The molecule has 0 spiro atoms. The number of pyridine rings is 1. The smallest absolute Gasteiger partial charge is 0.411 e. The Morgan fingerprint density at radius 3 is 2.37 bits per heavy atom. The van der Waals surface area contributed by atoms with Crippen molar-refractivity contribution in [2.75, 3.05) is 18.4 Å². The zero-order valence-electron chi connectivity index (χ0n) is 35.6. The molecule has 6 rings (SSSR count). The van der Waals surface area contributed by atoms with Gasteiger partial charge in [-0.3, -0.25) is 14.9 Å². The summed E-state index contributed by atoms with van der Waals surface area (Å²) in [7, 11) is -2.18. The van der Waals surface area contributed by atoms with Gasteiger partial charge < -0.3 is 35.6 Å². The number of phenols is 1. The number of hydrogen-bond acceptors (Lipinski definition) is 8. The van der Waals surface area contributed by atoms with Crippen LogP contribution >= 0.6 is 0 Å². The number of phenolic OH excluding ortho intramolecular Hbond substituents is 1. The van der Waals surface area contributed by atoms with Crippen LogP contribution in [0.4, 0.5) is 10.5 Å². The molecule has 2 aliphatic carbocycles. The Morgan fingerprint density at radius 1 is 0.932 bits per heavy atom. The van der Waals surface area contributed by atoms with E-state index in [9.17, 15) is 19.5 Å². The molecule has 11 nitrogen and oxygen atoms in total.